The number of fused-ring (bicyclic) bond motifs is 1. The van der Waals surface area contributed by atoms with Gasteiger partial charge in [0, 0.05) is 25.1 Å². The summed E-state index contributed by atoms with van der Waals surface area (Å²) in [6, 6.07) is 13.4. The van der Waals surface area contributed by atoms with E-state index >= 15 is 0 Å². The summed E-state index contributed by atoms with van der Waals surface area (Å²) in [5.74, 6) is -0.393. The summed E-state index contributed by atoms with van der Waals surface area (Å²) in [4.78, 5) is 24.0. The molecule has 2 rings (SSSR count). The minimum absolute atomic E-state index is 0.177. The minimum atomic E-state index is -0.608. The van der Waals surface area contributed by atoms with Crippen molar-refractivity contribution in [1.29, 1.82) is 0 Å². The van der Waals surface area contributed by atoms with Gasteiger partial charge in [-0.05, 0) is 28.3 Å². The number of carbonyl (C=O) groups excluding carboxylic acids is 2. The van der Waals surface area contributed by atoms with Gasteiger partial charge in [-0.25, -0.2) is 0 Å². The molecule has 134 valence electrons. The largest absolute Gasteiger partial charge is 0.391 e. The van der Waals surface area contributed by atoms with Crippen LogP contribution in [0.2, 0.25) is 0 Å². The van der Waals surface area contributed by atoms with Crippen LogP contribution in [0, 0.1) is 5.41 Å². The number of nitrogens with one attached hydrogen (secondary N) is 2. The van der Waals surface area contributed by atoms with Gasteiger partial charge in [0.15, 0.2) is 0 Å². The van der Waals surface area contributed by atoms with Gasteiger partial charge >= 0.3 is 0 Å². The van der Waals surface area contributed by atoms with Gasteiger partial charge in [-0.3, -0.25) is 9.59 Å². The zero-order valence-electron chi connectivity index (χ0n) is 15.0. The van der Waals surface area contributed by atoms with Crippen molar-refractivity contribution < 1.29 is 14.7 Å². The number of hydrogen-bond acceptors (Lipinski definition) is 3. The molecule has 0 bridgehead atoms. The van der Waals surface area contributed by atoms with Crippen LogP contribution < -0.4 is 10.6 Å². The summed E-state index contributed by atoms with van der Waals surface area (Å²) in [7, 11) is 0. The van der Waals surface area contributed by atoms with Crippen LogP contribution in [-0.2, 0) is 4.79 Å². The van der Waals surface area contributed by atoms with Crippen LogP contribution in [0.5, 0.6) is 0 Å². The molecule has 0 aliphatic carbocycles. The van der Waals surface area contributed by atoms with Gasteiger partial charge in [-0.1, -0.05) is 51.1 Å². The summed E-state index contributed by atoms with van der Waals surface area (Å²) >= 11 is 0. The molecule has 0 saturated carbocycles. The highest BCUT2D eigenvalue weighted by Gasteiger charge is 2.22. The van der Waals surface area contributed by atoms with E-state index in [0.29, 0.717) is 5.56 Å². The molecule has 0 aliphatic heterocycles. The average Bonchev–Trinajstić information content (AvgIpc) is 2.58. The van der Waals surface area contributed by atoms with Gasteiger partial charge < -0.3 is 15.7 Å². The SMILES string of the molecule is CC(C)(C)C(O)CNC(=O)CCNC(=O)c1ccc2ccccc2c1. The first-order valence-electron chi connectivity index (χ1n) is 8.49. The molecular formula is C20H26N2O3. The second-order valence-electron chi connectivity index (χ2n) is 7.25. The Morgan fingerprint density at radius 1 is 1.04 bits per heavy atom. The van der Waals surface area contributed by atoms with Crippen LogP contribution in [0.4, 0.5) is 0 Å². The lowest BCUT2D eigenvalue weighted by molar-refractivity contribution is -0.121. The molecule has 5 nitrogen and oxygen atoms in total. The van der Waals surface area contributed by atoms with Gasteiger partial charge in [-0.2, -0.15) is 0 Å². The van der Waals surface area contributed by atoms with E-state index < -0.39 is 6.10 Å². The van der Waals surface area contributed by atoms with E-state index in [9.17, 15) is 14.7 Å². The maximum atomic E-state index is 12.2. The third kappa shape index (κ3) is 5.57. The Hall–Kier alpha value is -2.40. The Labute approximate surface area is 148 Å². The number of benzene rings is 2. The fourth-order valence-corrected chi connectivity index (χ4v) is 2.33. The lowest BCUT2D eigenvalue weighted by Gasteiger charge is -2.25. The Kier molecular flexibility index (Phi) is 6.15. The van der Waals surface area contributed by atoms with Crippen LogP contribution in [0.15, 0.2) is 42.5 Å². The Balaban J connectivity index is 1.78. The smallest absolute Gasteiger partial charge is 0.251 e. The maximum absolute atomic E-state index is 12.2. The number of carbonyl (C=O) groups is 2. The van der Waals surface area contributed by atoms with Crippen molar-refractivity contribution in [3.8, 4) is 0 Å². The zero-order valence-corrected chi connectivity index (χ0v) is 15.0. The molecule has 2 aromatic carbocycles. The van der Waals surface area contributed by atoms with Crippen molar-refractivity contribution in [3.63, 3.8) is 0 Å². The molecule has 5 heteroatoms. The predicted molar refractivity (Wildman–Crippen MR) is 99.4 cm³/mol. The van der Waals surface area contributed by atoms with Gasteiger partial charge in [0.2, 0.25) is 5.91 Å². The minimum Gasteiger partial charge on any atom is -0.391 e. The Bertz CT molecular complexity index is 750. The molecular weight excluding hydrogens is 316 g/mol. The fraction of sp³-hybridized carbons (Fsp3) is 0.400. The fourth-order valence-electron chi connectivity index (χ4n) is 2.33. The molecule has 0 heterocycles. The second-order valence-corrected chi connectivity index (χ2v) is 7.25. The van der Waals surface area contributed by atoms with Crippen molar-refractivity contribution in [2.24, 2.45) is 5.41 Å². The van der Waals surface area contributed by atoms with Crippen LogP contribution in [0.3, 0.4) is 0 Å². The number of amides is 2. The molecule has 3 N–H and O–H groups in total. The van der Waals surface area contributed by atoms with Gasteiger partial charge in [0.1, 0.15) is 0 Å². The third-order valence-corrected chi connectivity index (χ3v) is 4.14. The van der Waals surface area contributed by atoms with Gasteiger partial charge in [0.25, 0.3) is 5.91 Å². The lowest BCUT2D eigenvalue weighted by Crippen LogP contribution is -2.40. The normalized spacial score (nSPS) is 12.6. The van der Waals surface area contributed by atoms with E-state index in [-0.39, 0.29) is 36.7 Å². The Morgan fingerprint density at radius 2 is 1.72 bits per heavy atom. The predicted octanol–water partition coefficient (Wildman–Crippen LogP) is 2.48. The van der Waals surface area contributed by atoms with Crippen LogP contribution in [-0.4, -0.2) is 36.1 Å². The first kappa shape index (κ1) is 18.9. The van der Waals surface area contributed by atoms with E-state index in [1.165, 1.54) is 0 Å². The third-order valence-electron chi connectivity index (χ3n) is 4.14. The number of hydrogen-bond donors (Lipinski definition) is 3. The maximum Gasteiger partial charge on any atom is 0.251 e. The molecule has 0 radical (unpaired) electrons. The molecule has 0 saturated heterocycles. The molecule has 2 aromatic rings. The van der Waals surface area contributed by atoms with Crippen molar-refractivity contribution >= 4 is 22.6 Å². The van der Waals surface area contributed by atoms with Crippen LogP contribution in [0.25, 0.3) is 10.8 Å². The summed E-state index contributed by atoms with van der Waals surface area (Å²) < 4.78 is 0. The van der Waals surface area contributed by atoms with Crippen molar-refractivity contribution in [3.05, 3.63) is 48.0 Å². The molecule has 0 fully saturated rings. The molecule has 25 heavy (non-hydrogen) atoms. The molecule has 0 aromatic heterocycles. The number of aliphatic hydroxyl groups is 1. The molecule has 1 unspecified atom stereocenters. The molecule has 2 amide bonds. The highest BCUT2D eigenvalue weighted by atomic mass is 16.3. The average molecular weight is 342 g/mol. The first-order valence-corrected chi connectivity index (χ1v) is 8.49. The first-order chi connectivity index (χ1) is 11.8. The zero-order chi connectivity index (χ0) is 18.4. The van der Waals surface area contributed by atoms with Gasteiger partial charge in [-0.15, -0.1) is 0 Å². The second kappa shape index (κ2) is 8.12. The quantitative estimate of drug-likeness (QED) is 0.755. The van der Waals surface area contributed by atoms with Crippen LogP contribution in [0.1, 0.15) is 37.6 Å². The van der Waals surface area contributed by atoms with Crippen molar-refractivity contribution in [2.45, 2.75) is 33.3 Å². The van der Waals surface area contributed by atoms with E-state index in [2.05, 4.69) is 10.6 Å². The van der Waals surface area contributed by atoms with Crippen molar-refractivity contribution in [2.75, 3.05) is 13.1 Å². The summed E-state index contributed by atoms with van der Waals surface area (Å²) in [5.41, 5.74) is 0.291. The monoisotopic (exact) mass is 342 g/mol. The van der Waals surface area contributed by atoms with Crippen molar-refractivity contribution in [1.82, 2.24) is 10.6 Å². The summed E-state index contributed by atoms with van der Waals surface area (Å²) in [6.45, 7) is 6.19. The van der Waals surface area contributed by atoms with E-state index in [0.717, 1.165) is 10.8 Å². The standard InChI is InChI=1S/C20H26N2O3/c1-20(2,3)17(23)13-22-18(24)10-11-21-19(25)16-9-8-14-6-4-5-7-15(14)12-16/h4-9,12,17,23H,10-11,13H2,1-3H3,(H,21,25)(H,22,24). The van der Waals surface area contributed by atoms with Crippen LogP contribution >= 0.6 is 0 Å². The van der Waals surface area contributed by atoms with Gasteiger partial charge in [0.05, 0.1) is 6.10 Å². The molecule has 0 aliphatic rings. The number of rotatable bonds is 6. The Morgan fingerprint density at radius 3 is 2.40 bits per heavy atom. The molecule has 0 spiro atoms. The molecule has 1 atom stereocenters. The van der Waals surface area contributed by atoms with E-state index in [1.807, 2.05) is 57.2 Å². The number of aliphatic hydroxyl groups excluding tert-OH is 1. The van der Waals surface area contributed by atoms with E-state index in [4.69, 9.17) is 0 Å². The highest BCUT2D eigenvalue weighted by molar-refractivity contribution is 5.98. The summed E-state index contributed by atoms with van der Waals surface area (Å²) in [5, 5.41) is 17.4. The van der Waals surface area contributed by atoms with E-state index in [1.54, 1.807) is 6.07 Å². The highest BCUT2D eigenvalue weighted by Crippen LogP contribution is 2.18. The lowest BCUT2D eigenvalue weighted by atomic mass is 9.89. The topological polar surface area (TPSA) is 78.4 Å². The summed E-state index contributed by atoms with van der Waals surface area (Å²) in [6.07, 6.45) is -0.431.